The van der Waals surface area contributed by atoms with E-state index in [-0.39, 0.29) is 35.5 Å². The van der Waals surface area contributed by atoms with E-state index in [2.05, 4.69) is 45.3 Å². The van der Waals surface area contributed by atoms with Gasteiger partial charge in [0.05, 0.1) is 17.5 Å². The van der Waals surface area contributed by atoms with Crippen molar-refractivity contribution in [3.63, 3.8) is 0 Å². The number of hydrazone groups is 1. The van der Waals surface area contributed by atoms with E-state index < -0.39 is 0 Å². The van der Waals surface area contributed by atoms with Gasteiger partial charge in [-0.2, -0.15) is 20.1 Å². The summed E-state index contributed by atoms with van der Waals surface area (Å²) in [6, 6.07) is 20.2. The summed E-state index contributed by atoms with van der Waals surface area (Å²) in [5, 5.41) is 6.88. The van der Waals surface area contributed by atoms with Gasteiger partial charge in [-0.3, -0.25) is 4.79 Å². The van der Waals surface area contributed by atoms with E-state index in [1.165, 1.54) is 17.3 Å². The number of anilines is 2. The van der Waals surface area contributed by atoms with Gasteiger partial charge < -0.3 is 11.5 Å². The predicted octanol–water partition coefficient (Wildman–Crippen LogP) is 3.95. The molecule has 2 heterocycles. The molecule has 0 spiro atoms. The Bertz CT molecular complexity index is 1230. The molecule has 3 aromatic rings. The fraction of sp³-hybridized carbons (Fsp3) is 0.240. The first-order valence-electron chi connectivity index (χ1n) is 11.2. The smallest absolute Gasteiger partial charge is 0.253 e. The van der Waals surface area contributed by atoms with Gasteiger partial charge in [0.1, 0.15) is 0 Å². The van der Waals surface area contributed by atoms with Crippen molar-refractivity contribution in [3.05, 3.63) is 77.4 Å². The molecule has 2 aromatic carbocycles. The number of rotatable bonds is 5. The van der Waals surface area contributed by atoms with Crippen LogP contribution in [0.1, 0.15) is 36.4 Å². The molecule has 34 heavy (non-hydrogen) atoms. The lowest BCUT2D eigenvalue weighted by molar-refractivity contribution is -0.130. The van der Waals surface area contributed by atoms with Gasteiger partial charge in [0.15, 0.2) is 5.16 Å². The van der Waals surface area contributed by atoms with Crippen molar-refractivity contribution >= 4 is 41.4 Å². The molecular weight excluding hydrogens is 446 g/mol. The molecule has 1 aliphatic heterocycles. The molecule has 0 bridgehead atoms. The molecule has 4 N–H and O–H groups in total. The number of aromatic nitrogens is 3. The Hall–Kier alpha value is -3.72. The maximum Gasteiger partial charge on any atom is 0.253 e. The van der Waals surface area contributed by atoms with E-state index in [0.717, 1.165) is 36.1 Å². The summed E-state index contributed by atoms with van der Waals surface area (Å²) in [5.41, 5.74) is 15.8. The van der Waals surface area contributed by atoms with Crippen LogP contribution in [0, 0.1) is 5.92 Å². The highest BCUT2D eigenvalue weighted by Gasteiger charge is 2.43. The summed E-state index contributed by atoms with van der Waals surface area (Å²) in [6.45, 7) is 0. The Balaban J connectivity index is 1.45. The number of hydrogen-bond acceptors (Lipinski definition) is 8. The molecule has 1 aliphatic carbocycles. The molecule has 8 nitrogen and oxygen atoms in total. The van der Waals surface area contributed by atoms with Crippen LogP contribution in [0.3, 0.4) is 0 Å². The standard InChI is InChI=1S/C25H25N7OS/c26-23-28-24(27)30-25(29-23)34-15-20(33)32-22(17-10-5-2-6-11-17)19-13-7-12-18(21(19)31-32)14-16-8-3-1-4-9-16/h1-6,8-11,14,19,22H,7,12-13,15H2,(H4,26,27,28,29,30)/b18-14-/t19-,22-/m1/s1. The van der Waals surface area contributed by atoms with Crippen molar-refractivity contribution in [2.24, 2.45) is 11.0 Å². The van der Waals surface area contributed by atoms with Crippen LogP contribution >= 0.6 is 11.8 Å². The van der Waals surface area contributed by atoms with Crippen LogP contribution in [-0.2, 0) is 4.79 Å². The highest BCUT2D eigenvalue weighted by Crippen LogP contribution is 2.44. The number of fused-ring (bicyclic) bond motifs is 1. The number of allylic oxidation sites excluding steroid dienone is 1. The lowest BCUT2D eigenvalue weighted by Crippen LogP contribution is -2.32. The first-order valence-corrected chi connectivity index (χ1v) is 12.2. The normalized spacial score (nSPS) is 20.8. The van der Waals surface area contributed by atoms with Gasteiger partial charge in [-0.1, -0.05) is 72.4 Å². The molecule has 0 saturated heterocycles. The Morgan fingerprint density at radius 2 is 1.68 bits per heavy atom. The minimum Gasteiger partial charge on any atom is -0.368 e. The SMILES string of the molecule is Nc1nc(N)nc(SCC(=O)N2N=C3/C(=C\c4ccccc4)CCC[C@H]3[C@H]2c2ccccc2)n1. The Kier molecular flexibility index (Phi) is 6.27. The zero-order chi connectivity index (χ0) is 23.5. The summed E-state index contributed by atoms with van der Waals surface area (Å²) >= 11 is 1.18. The topological polar surface area (TPSA) is 123 Å². The molecule has 1 saturated carbocycles. The fourth-order valence-electron chi connectivity index (χ4n) is 4.59. The van der Waals surface area contributed by atoms with Crippen LogP contribution in [0.15, 0.2) is 76.5 Å². The Morgan fingerprint density at radius 3 is 2.38 bits per heavy atom. The van der Waals surface area contributed by atoms with Crippen molar-refractivity contribution in [2.45, 2.75) is 30.5 Å². The molecule has 0 radical (unpaired) electrons. The lowest BCUT2D eigenvalue weighted by atomic mass is 9.77. The maximum absolute atomic E-state index is 13.4. The minimum atomic E-state index is -0.141. The van der Waals surface area contributed by atoms with Crippen molar-refractivity contribution in [1.29, 1.82) is 0 Å². The average molecular weight is 472 g/mol. The molecule has 0 unspecified atom stereocenters. The Labute approximate surface area is 202 Å². The maximum atomic E-state index is 13.4. The van der Waals surface area contributed by atoms with Crippen LogP contribution < -0.4 is 11.5 Å². The van der Waals surface area contributed by atoms with E-state index in [1.54, 1.807) is 5.01 Å². The van der Waals surface area contributed by atoms with Crippen molar-refractivity contribution < 1.29 is 4.79 Å². The molecule has 1 fully saturated rings. The molecule has 172 valence electrons. The minimum absolute atomic E-state index is 0.0349. The van der Waals surface area contributed by atoms with E-state index in [9.17, 15) is 4.79 Å². The fourth-order valence-corrected chi connectivity index (χ4v) is 5.29. The molecule has 9 heteroatoms. The molecular formula is C25H25N7OS. The highest BCUT2D eigenvalue weighted by atomic mass is 32.2. The van der Waals surface area contributed by atoms with Gasteiger partial charge in [0.2, 0.25) is 11.9 Å². The monoisotopic (exact) mass is 471 g/mol. The van der Waals surface area contributed by atoms with Gasteiger partial charge in [-0.05, 0) is 42.0 Å². The predicted molar refractivity (Wildman–Crippen MR) is 135 cm³/mol. The summed E-state index contributed by atoms with van der Waals surface area (Å²) in [5.74, 6) is 0.231. The van der Waals surface area contributed by atoms with E-state index >= 15 is 0 Å². The van der Waals surface area contributed by atoms with Gasteiger partial charge in [-0.25, -0.2) is 5.01 Å². The third-order valence-electron chi connectivity index (χ3n) is 6.01. The summed E-state index contributed by atoms with van der Waals surface area (Å²) in [7, 11) is 0. The number of amides is 1. The largest absolute Gasteiger partial charge is 0.368 e. The number of carbonyl (C=O) groups is 1. The number of thioether (sulfide) groups is 1. The van der Waals surface area contributed by atoms with Crippen LogP contribution in [0.2, 0.25) is 0 Å². The van der Waals surface area contributed by atoms with Gasteiger partial charge in [0, 0.05) is 5.92 Å². The second-order valence-corrected chi connectivity index (χ2v) is 9.22. The van der Waals surface area contributed by atoms with Crippen LogP contribution in [0.25, 0.3) is 6.08 Å². The lowest BCUT2D eigenvalue weighted by Gasteiger charge is -2.29. The summed E-state index contributed by atoms with van der Waals surface area (Å²) in [6.07, 6.45) is 5.20. The number of benzene rings is 2. The van der Waals surface area contributed by atoms with Crippen molar-refractivity contribution in [3.8, 4) is 0 Å². The summed E-state index contributed by atoms with van der Waals surface area (Å²) < 4.78 is 0. The highest BCUT2D eigenvalue weighted by molar-refractivity contribution is 7.99. The molecule has 5 rings (SSSR count). The van der Waals surface area contributed by atoms with Gasteiger partial charge in [0.25, 0.3) is 5.91 Å². The van der Waals surface area contributed by atoms with E-state index in [0.29, 0.717) is 5.16 Å². The average Bonchev–Trinajstić information content (AvgIpc) is 3.24. The second-order valence-electron chi connectivity index (χ2n) is 8.28. The third-order valence-corrected chi connectivity index (χ3v) is 6.84. The second kappa shape index (κ2) is 9.64. The molecule has 2 aliphatic rings. The third kappa shape index (κ3) is 4.65. The first kappa shape index (κ1) is 22.1. The van der Waals surface area contributed by atoms with Crippen molar-refractivity contribution in [1.82, 2.24) is 20.0 Å². The van der Waals surface area contributed by atoms with Crippen LogP contribution in [-0.4, -0.2) is 37.3 Å². The van der Waals surface area contributed by atoms with Crippen molar-refractivity contribution in [2.75, 3.05) is 17.2 Å². The zero-order valence-electron chi connectivity index (χ0n) is 18.5. The number of hydrogen-bond donors (Lipinski definition) is 2. The number of nitrogens with zero attached hydrogens (tertiary/aromatic N) is 5. The molecule has 1 amide bonds. The van der Waals surface area contributed by atoms with Crippen LogP contribution in [0.4, 0.5) is 11.9 Å². The van der Waals surface area contributed by atoms with E-state index in [1.807, 2.05) is 36.4 Å². The van der Waals surface area contributed by atoms with Gasteiger partial charge >= 0.3 is 0 Å². The molecule has 2 atom stereocenters. The van der Waals surface area contributed by atoms with Gasteiger partial charge in [-0.15, -0.1) is 0 Å². The van der Waals surface area contributed by atoms with E-state index in [4.69, 9.17) is 16.6 Å². The van der Waals surface area contributed by atoms with Crippen LogP contribution in [0.5, 0.6) is 0 Å². The molecule has 1 aromatic heterocycles. The Morgan fingerprint density at radius 1 is 1.00 bits per heavy atom. The quantitative estimate of drug-likeness (QED) is 0.540. The first-order chi connectivity index (χ1) is 16.6. The number of carbonyl (C=O) groups excluding carboxylic acids is 1. The number of nitrogen functional groups attached to an aromatic ring is 2. The summed E-state index contributed by atoms with van der Waals surface area (Å²) in [4.78, 5) is 25.3. The zero-order valence-corrected chi connectivity index (χ0v) is 19.4. The number of nitrogens with two attached hydrogens (primary N) is 2.